The lowest BCUT2D eigenvalue weighted by atomic mass is 10.1. The first-order valence-electron chi connectivity index (χ1n) is 9.64. The normalized spacial score (nSPS) is 16.9. The first kappa shape index (κ1) is 21.8. The summed E-state index contributed by atoms with van der Waals surface area (Å²) >= 11 is 5.86. The molecule has 1 atom stereocenters. The van der Waals surface area contributed by atoms with Crippen molar-refractivity contribution >= 4 is 27.5 Å². The van der Waals surface area contributed by atoms with Gasteiger partial charge >= 0.3 is 0 Å². The van der Waals surface area contributed by atoms with Crippen LogP contribution in [-0.4, -0.2) is 44.4 Å². The number of sulfonamides is 1. The molecule has 1 heterocycles. The van der Waals surface area contributed by atoms with Gasteiger partial charge in [-0.25, -0.2) is 8.42 Å². The van der Waals surface area contributed by atoms with Crippen molar-refractivity contribution in [3.63, 3.8) is 0 Å². The fourth-order valence-electron chi connectivity index (χ4n) is 3.20. The van der Waals surface area contributed by atoms with Crippen molar-refractivity contribution in [1.29, 1.82) is 0 Å². The number of nitrogens with one attached hydrogen (secondary N) is 1. The third kappa shape index (κ3) is 5.57. The highest BCUT2D eigenvalue weighted by Crippen LogP contribution is 2.20. The standard InChI is InChI=1S/C21H25ClN2O4S/c1-2-24(29(26,27)20-11-9-18(22)10-12-20)15-16-5-7-17(8-6-16)21(25)23-14-19-4-3-13-28-19/h5-12,19H,2-4,13-15H2,1H3,(H,23,25)/t19-/m1/s1. The molecule has 0 bridgehead atoms. The van der Waals surface area contributed by atoms with Crippen molar-refractivity contribution in [2.24, 2.45) is 0 Å². The minimum atomic E-state index is -3.63. The molecule has 3 rings (SSSR count). The van der Waals surface area contributed by atoms with Gasteiger partial charge in [-0.3, -0.25) is 4.79 Å². The number of nitrogens with zero attached hydrogens (tertiary/aromatic N) is 1. The van der Waals surface area contributed by atoms with Gasteiger partial charge in [0, 0.05) is 36.8 Å². The number of carbonyl (C=O) groups excluding carboxylic acids is 1. The molecule has 0 aliphatic carbocycles. The highest BCUT2D eigenvalue weighted by atomic mass is 35.5. The van der Waals surface area contributed by atoms with E-state index in [1.54, 1.807) is 43.3 Å². The lowest BCUT2D eigenvalue weighted by Crippen LogP contribution is -2.32. The van der Waals surface area contributed by atoms with E-state index in [1.165, 1.54) is 16.4 Å². The quantitative estimate of drug-likeness (QED) is 0.687. The number of amides is 1. The van der Waals surface area contributed by atoms with Crippen LogP contribution in [0.1, 0.15) is 35.7 Å². The second-order valence-electron chi connectivity index (χ2n) is 6.93. The smallest absolute Gasteiger partial charge is 0.251 e. The Kier molecular flexibility index (Phi) is 7.29. The van der Waals surface area contributed by atoms with Gasteiger partial charge in [-0.1, -0.05) is 30.7 Å². The van der Waals surface area contributed by atoms with E-state index >= 15 is 0 Å². The van der Waals surface area contributed by atoms with Crippen molar-refractivity contribution in [3.8, 4) is 0 Å². The average Bonchev–Trinajstić information content (AvgIpc) is 3.24. The molecule has 0 radical (unpaired) electrons. The molecule has 1 aliphatic rings. The SMILES string of the molecule is CCN(Cc1ccc(C(=O)NC[C@H]2CCCO2)cc1)S(=O)(=O)c1ccc(Cl)cc1. The molecule has 0 spiro atoms. The zero-order valence-corrected chi connectivity index (χ0v) is 17.9. The van der Waals surface area contributed by atoms with Gasteiger partial charge in [-0.05, 0) is 54.8 Å². The second-order valence-corrected chi connectivity index (χ2v) is 9.30. The minimum absolute atomic E-state index is 0.0920. The number of hydrogen-bond acceptors (Lipinski definition) is 4. The Labute approximate surface area is 176 Å². The van der Waals surface area contributed by atoms with E-state index in [0.717, 1.165) is 25.0 Å². The van der Waals surface area contributed by atoms with Crippen LogP contribution < -0.4 is 5.32 Å². The fourth-order valence-corrected chi connectivity index (χ4v) is 4.76. The summed E-state index contributed by atoms with van der Waals surface area (Å²) in [5, 5.41) is 3.37. The van der Waals surface area contributed by atoms with E-state index in [0.29, 0.717) is 23.7 Å². The van der Waals surface area contributed by atoms with Crippen LogP contribution in [0.3, 0.4) is 0 Å². The molecule has 6 nitrogen and oxygen atoms in total. The second kappa shape index (κ2) is 9.71. The van der Waals surface area contributed by atoms with Crippen LogP contribution in [0, 0.1) is 0 Å². The summed E-state index contributed by atoms with van der Waals surface area (Å²) in [5.41, 5.74) is 1.34. The molecule has 0 unspecified atom stereocenters. The van der Waals surface area contributed by atoms with Crippen LogP contribution in [0.2, 0.25) is 5.02 Å². The first-order valence-corrected chi connectivity index (χ1v) is 11.5. The van der Waals surface area contributed by atoms with Crippen molar-refractivity contribution < 1.29 is 17.9 Å². The maximum absolute atomic E-state index is 12.9. The Morgan fingerprint density at radius 1 is 1.17 bits per heavy atom. The van der Waals surface area contributed by atoms with Gasteiger partial charge in [-0.15, -0.1) is 0 Å². The zero-order valence-electron chi connectivity index (χ0n) is 16.3. The molecule has 2 aromatic carbocycles. The number of ether oxygens (including phenoxy) is 1. The molecule has 1 amide bonds. The van der Waals surface area contributed by atoms with E-state index in [1.807, 2.05) is 0 Å². The van der Waals surface area contributed by atoms with E-state index < -0.39 is 10.0 Å². The first-order chi connectivity index (χ1) is 13.9. The van der Waals surface area contributed by atoms with E-state index in [4.69, 9.17) is 16.3 Å². The summed E-state index contributed by atoms with van der Waals surface area (Å²) < 4.78 is 32.6. The van der Waals surface area contributed by atoms with E-state index in [9.17, 15) is 13.2 Å². The summed E-state index contributed by atoms with van der Waals surface area (Å²) in [4.78, 5) is 12.5. The Morgan fingerprint density at radius 2 is 1.86 bits per heavy atom. The van der Waals surface area contributed by atoms with E-state index in [2.05, 4.69) is 5.32 Å². The third-order valence-electron chi connectivity index (χ3n) is 4.89. The monoisotopic (exact) mass is 436 g/mol. The highest BCUT2D eigenvalue weighted by molar-refractivity contribution is 7.89. The molecule has 0 aromatic heterocycles. The van der Waals surface area contributed by atoms with Crippen LogP contribution in [-0.2, 0) is 21.3 Å². The molecule has 2 aromatic rings. The minimum Gasteiger partial charge on any atom is -0.376 e. The number of hydrogen-bond donors (Lipinski definition) is 1. The lowest BCUT2D eigenvalue weighted by molar-refractivity contribution is 0.0857. The van der Waals surface area contributed by atoms with Crippen LogP contribution in [0.25, 0.3) is 0 Å². The van der Waals surface area contributed by atoms with Crippen molar-refractivity contribution in [1.82, 2.24) is 9.62 Å². The van der Waals surface area contributed by atoms with E-state index in [-0.39, 0.29) is 23.5 Å². The average molecular weight is 437 g/mol. The van der Waals surface area contributed by atoms with Crippen molar-refractivity contribution in [2.75, 3.05) is 19.7 Å². The molecule has 1 saturated heterocycles. The number of halogens is 1. The zero-order chi connectivity index (χ0) is 20.9. The fraction of sp³-hybridized carbons (Fsp3) is 0.381. The maximum Gasteiger partial charge on any atom is 0.251 e. The van der Waals surface area contributed by atoms with Gasteiger partial charge in [0.1, 0.15) is 0 Å². The maximum atomic E-state index is 12.9. The molecule has 1 fully saturated rings. The predicted octanol–water partition coefficient (Wildman–Crippen LogP) is 3.46. The number of benzene rings is 2. The Balaban J connectivity index is 1.64. The summed E-state index contributed by atoms with van der Waals surface area (Å²) in [7, 11) is -3.63. The van der Waals surface area contributed by atoms with Gasteiger partial charge in [0.05, 0.1) is 11.0 Å². The van der Waals surface area contributed by atoms with Crippen LogP contribution >= 0.6 is 11.6 Å². The van der Waals surface area contributed by atoms with Gasteiger partial charge in [0.25, 0.3) is 5.91 Å². The van der Waals surface area contributed by atoms with Gasteiger partial charge < -0.3 is 10.1 Å². The van der Waals surface area contributed by atoms with Gasteiger partial charge in [0.15, 0.2) is 0 Å². The van der Waals surface area contributed by atoms with Crippen LogP contribution in [0.4, 0.5) is 0 Å². The Hall–Kier alpha value is -1.93. The molecule has 0 saturated carbocycles. The van der Waals surface area contributed by atoms with Crippen LogP contribution in [0.5, 0.6) is 0 Å². The molecular formula is C21H25ClN2O4S. The number of rotatable bonds is 8. The number of carbonyl (C=O) groups is 1. The topological polar surface area (TPSA) is 75.7 Å². The summed E-state index contributed by atoms with van der Waals surface area (Å²) in [6.07, 6.45) is 2.09. The van der Waals surface area contributed by atoms with Crippen molar-refractivity contribution in [2.45, 2.75) is 37.3 Å². The third-order valence-corrected chi connectivity index (χ3v) is 7.08. The molecule has 156 valence electrons. The Bertz CT molecular complexity index is 924. The molecule has 29 heavy (non-hydrogen) atoms. The lowest BCUT2D eigenvalue weighted by Gasteiger charge is -2.21. The predicted molar refractivity (Wildman–Crippen MR) is 112 cm³/mol. The summed E-state index contributed by atoms with van der Waals surface area (Å²) in [6, 6.07) is 13.1. The van der Waals surface area contributed by atoms with Crippen molar-refractivity contribution in [3.05, 3.63) is 64.7 Å². The van der Waals surface area contributed by atoms with Crippen LogP contribution in [0.15, 0.2) is 53.4 Å². The van der Waals surface area contributed by atoms with Gasteiger partial charge in [-0.2, -0.15) is 4.31 Å². The molecule has 1 N–H and O–H groups in total. The molecular weight excluding hydrogens is 412 g/mol. The molecule has 1 aliphatic heterocycles. The summed E-state index contributed by atoms with van der Waals surface area (Å²) in [5.74, 6) is -0.159. The van der Waals surface area contributed by atoms with Gasteiger partial charge in [0.2, 0.25) is 10.0 Å². The summed E-state index contributed by atoms with van der Waals surface area (Å²) in [6.45, 7) is 3.60. The Morgan fingerprint density at radius 3 is 2.45 bits per heavy atom. The molecule has 8 heteroatoms. The highest BCUT2D eigenvalue weighted by Gasteiger charge is 2.23. The largest absolute Gasteiger partial charge is 0.376 e.